The predicted octanol–water partition coefficient (Wildman–Crippen LogP) is 6.93. The van der Waals surface area contributed by atoms with Gasteiger partial charge in [0.25, 0.3) is 10.0 Å². The summed E-state index contributed by atoms with van der Waals surface area (Å²) in [4.78, 5) is 6.13. The van der Waals surface area contributed by atoms with Crippen molar-refractivity contribution >= 4 is 26.7 Å². The summed E-state index contributed by atoms with van der Waals surface area (Å²) in [5.41, 5.74) is 1.83. The molecule has 1 saturated heterocycles. The number of hydrogen-bond acceptors (Lipinski definition) is 9. The number of aromatic nitrogens is 2. The van der Waals surface area contributed by atoms with E-state index in [1.165, 1.54) is 56.9 Å². The topological polar surface area (TPSA) is 94.1 Å². The third kappa shape index (κ3) is 6.74. The Labute approximate surface area is 273 Å². The van der Waals surface area contributed by atoms with Crippen molar-refractivity contribution in [2.24, 2.45) is 5.92 Å². The lowest BCUT2D eigenvalue weighted by atomic mass is 9.84. The number of halogens is 4. The van der Waals surface area contributed by atoms with E-state index in [-0.39, 0.29) is 48.6 Å². The third-order valence-electron chi connectivity index (χ3n) is 8.71. The van der Waals surface area contributed by atoms with Crippen molar-refractivity contribution in [3.63, 3.8) is 0 Å². The number of rotatable bonds is 9. The molecule has 0 radical (unpaired) electrons. The van der Waals surface area contributed by atoms with E-state index in [0.29, 0.717) is 40.4 Å². The number of anilines is 1. The first-order chi connectivity index (χ1) is 22.5. The van der Waals surface area contributed by atoms with E-state index in [1.807, 2.05) is 4.90 Å². The average Bonchev–Trinajstić information content (AvgIpc) is 3.61. The van der Waals surface area contributed by atoms with Gasteiger partial charge in [0.05, 0.1) is 38.2 Å². The second-order valence-corrected chi connectivity index (χ2v) is 14.0. The maximum atomic E-state index is 14.2. The Hall–Kier alpha value is -3.95. The lowest BCUT2D eigenvalue weighted by Crippen LogP contribution is -2.44. The summed E-state index contributed by atoms with van der Waals surface area (Å²) in [6.45, 7) is 0.281. The zero-order chi connectivity index (χ0) is 33.3. The minimum absolute atomic E-state index is 0.0505. The molecule has 15 heteroatoms. The highest BCUT2D eigenvalue weighted by Gasteiger charge is 2.46. The van der Waals surface area contributed by atoms with Gasteiger partial charge in [-0.3, -0.25) is 4.90 Å². The normalized spacial score (nSPS) is 20.3. The molecule has 2 aliphatic heterocycles. The van der Waals surface area contributed by atoms with Crippen LogP contribution in [0.2, 0.25) is 0 Å². The number of ether oxygens (including phenoxy) is 3. The molecule has 47 heavy (non-hydrogen) atoms. The third-order valence-corrected chi connectivity index (χ3v) is 11.3. The van der Waals surface area contributed by atoms with Crippen LogP contribution in [0.3, 0.4) is 0 Å². The zero-order valence-corrected chi connectivity index (χ0v) is 27.1. The van der Waals surface area contributed by atoms with Crippen LogP contribution in [-0.2, 0) is 16.6 Å². The van der Waals surface area contributed by atoms with Gasteiger partial charge in [-0.05, 0) is 55.3 Å². The summed E-state index contributed by atoms with van der Waals surface area (Å²) in [6.07, 6.45) is -2.84. The lowest BCUT2D eigenvalue weighted by molar-refractivity contribution is -0.192. The van der Waals surface area contributed by atoms with E-state index in [9.17, 15) is 26.0 Å². The van der Waals surface area contributed by atoms with Gasteiger partial charge in [-0.15, -0.1) is 0 Å². The summed E-state index contributed by atoms with van der Waals surface area (Å²) in [7, 11) is -1.23. The minimum atomic E-state index is -4.35. The molecule has 0 amide bonds. The number of alkyl halides is 3. The second-order valence-electron chi connectivity index (χ2n) is 11.3. The molecule has 2 aliphatic rings. The van der Waals surface area contributed by atoms with E-state index >= 15 is 0 Å². The highest BCUT2D eigenvalue weighted by Crippen LogP contribution is 2.48. The molecule has 0 saturated carbocycles. The summed E-state index contributed by atoms with van der Waals surface area (Å²) in [6, 6.07) is 14.3. The number of sulfonamides is 1. The number of methoxy groups -OCH3 is 2. The number of likely N-dealkylation sites (tertiary alicyclic amines) is 1. The molecule has 6 rings (SSSR count). The molecular weight excluding hydrogens is 661 g/mol. The van der Waals surface area contributed by atoms with E-state index < -0.39 is 34.0 Å². The van der Waals surface area contributed by atoms with Crippen molar-refractivity contribution < 1.29 is 40.2 Å². The number of piperidine rings is 1. The van der Waals surface area contributed by atoms with Gasteiger partial charge in [-0.25, -0.2) is 22.1 Å². The van der Waals surface area contributed by atoms with E-state index in [0.717, 1.165) is 15.8 Å². The minimum Gasteiger partial charge on any atom is -0.497 e. The first-order valence-electron chi connectivity index (χ1n) is 14.8. The lowest BCUT2D eigenvalue weighted by Gasteiger charge is -2.46. The van der Waals surface area contributed by atoms with Crippen LogP contribution in [-0.4, -0.2) is 56.2 Å². The number of hydrogen-bond donors (Lipinski definition) is 0. The Bertz CT molecular complexity index is 1810. The van der Waals surface area contributed by atoms with E-state index in [2.05, 4.69) is 9.36 Å². The Balaban J connectivity index is 1.34. The largest absolute Gasteiger partial charge is 0.497 e. The first kappa shape index (κ1) is 33.0. The Morgan fingerprint density at radius 1 is 1.02 bits per heavy atom. The van der Waals surface area contributed by atoms with Crippen molar-refractivity contribution in [1.82, 2.24) is 14.3 Å². The molecule has 0 bridgehead atoms. The van der Waals surface area contributed by atoms with Crippen molar-refractivity contribution in [1.29, 1.82) is 0 Å². The van der Waals surface area contributed by atoms with Crippen LogP contribution in [0, 0.1) is 11.7 Å². The summed E-state index contributed by atoms with van der Waals surface area (Å²) < 4.78 is 106. The highest BCUT2D eigenvalue weighted by molar-refractivity contribution is 7.93. The molecule has 0 aliphatic carbocycles. The molecule has 3 aromatic carbocycles. The molecule has 0 N–H and O–H groups in total. The van der Waals surface area contributed by atoms with Gasteiger partial charge in [0.1, 0.15) is 29.4 Å². The fraction of sp³-hybridized carbons (Fsp3) is 0.375. The predicted molar refractivity (Wildman–Crippen MR) is 167 cm³/mol. The van der Waals surface area contributed by atoms with E-state index in [1.54, 1.807) is 24.3 Å². The number of nitrogens with zero attached hydrogens (tertiary/aromatic N) is 4. The molecule has 3 heterocycles. The van der Waals surface area contributed by atoms with Gasteiger partial charge in [0.15, 0.2) is 0 Å². The van der Waals surface area contributed by atoms with Gasteiger partial charge in [0, 0.05) is 53.3 Å². The monoisotopic (exact) mass is 692 g/mol. The molecule has 1 fully saturated rings. The molecular formula is C32H32F4N4O5S2. The van der Waals surface area contributed by atoms with Crippen molar-refractivity contribution in [3.05, 3.63) is 89.5 Å². The van der Waals surface area contributed by atoms with Crippen LogP contribution in [0.1, 0.15) is 48.0 Å². The standard InChI is InChI=1S/C32H32F4N4O5S2/c1-43-24-8-5-21(29(16-24)44-2)18-40(31-37-19-38-46-31)47(41,42)25-9-10-26-27(12-14-45-30(26)17-25)39-13-11-22(32(34,35)36)15-28(39)20-3-6-23(33)7-4-20/h3-10,16-17,19,22,27-28H,11-15,18H2,1-2H3/t22-,27?,28+/m1/s1. The number of benzene rings is 3. The Kier molecular flexibility index (Phi) is 9.31. The maximum absolute atomic E-state index is 14.2. The van der Waals surface area contributed by atoms with Gasteiger partial charge < -0.3 is 14.2 Å². The van der Waals surface area contributed by atoms with Gasteiger partial charge >= 0.3 is 6.18 Å². The van der Waals surface area contributed by atoms with Crippen LogP contribution in [0.5, 0.6) is 17.2 Å². The highest BCUT2D eigenvalue weighted by atomic mass is 32.2. The van der Waals surface area contributed by atoms with Crippen molar-refractivity contribution in [2.75, 3.05) is 31.7 Å². The van der Waals surface area contributed by atoms with E-state index in [4.69, 9.17) is 14.2 Å². The van der Waals surface area contributed by atoms with Gasteiger partial charge in [-0.1, -0.05) is 18.2 Å². The Morgan fingerprint density at radius 3 is 2.49 bits per heavy atom. The van der Waals surface area contributed by atoms with Crippen molar-refractivity contribution in [3.8, 4) is 17.2 Å². The average molecular weight is 693 g/mol. The quantitative estimate of drug-likeness (QED) is 0.175. The fourth-order valence-corrected chi connectivity index (χ4v) is 8.46. The molecule has 1 unspecified atom stereocenters. The summed E-state index contributed by atoms with van der Waals surface area (Å²) in [5.74, 6) is -0.660. The van der Waals surface area contributed by atoms with Gasteiger partial charge in [0.2, 0.25) is 5.13 Å². The van der Waals surface area contributed by atoms with Gasteiger partial charge in [-0.2, -0.15) is 17.5 Å². The fourth-order valence-electron chi connectivity index (χ4n) is 6.32. The van der Waals surface area contributed by atoms with Crippen LogP contribution in [0.25, 0.3) is 0 Å². The smallest absolute Gasteiger partial charge is 0.391 e. The van der Waals surface area contributed by atoms with Crippen molar-refractivity contribution in [2.45, 2.75) is 49.0 Å². The molecule has 0 spiro atoms. The first-order valence-corrected chi connectivity index (χ1v) is 17.1. The van der Waals surface area contributed by atoms with Crippen LogP contribution in [0.4, 0.5) is 22.7 Å². The maximum Gasteiger partial charge on any atom is 0.391 e. The van der Waals surface area contributed by atoms with Crippen LogP contribution >= 0.6 is 11.5 Å². The molecule has 250 valence electrons. The molecule has 3 atom stereocenters. The zero-order valence-electron chi connectivity index (χ0n) is 25.5. The number of fused-ring (bicyclic) bond motifs is 1. The molecule has 1 aromatic heterocycles. The van der Waals surface area contributed by atoms with Crippen LogP contribution in [0.15, 0.2) is 71.9 Å². The molecule has 9 nitrogen and oxygen atoms in total. The SMILES string of the molecule is COc1ccc(CN(c2ncns2)S(=O)(=O)c2ccc3c(c2)OCCC3N2CC[C@@H](C(F)(F)F)C[C@H]2c2ccc(F)cc2)c(OC)c1. The second kappa shape index (κ2) is 13.3. The summed E-state index contributed by atoms with van der Waals surface area (Å²) in [5, 5.41) is 0.147. The Morgan fingerprint density at radius 2 is 1.81 bits per heavy atom. The summed E-state index contributed by atoms with van der Waals surface area (Å²) >= 11 is 0.920. The van der Waals surface area contributed by atoms with Crippen LogP contribution < -0.4 is 18.5 Å². The molecule has 4 aromatic rings.